The van der Waals surface area contributed by atoms with E-state index in [1.807, 2.05) is 0 Å². The van der Waals surface area contributed by atoms with Crippen LogP contribution in [0.25, 0.3) is 0 Å². The lowest BCUT2D eigenvalue weighted by Crippen LogP contribution is -1.82. The number of carbonyl (C=O) groups is 1. The highest BCUT2D eigenvalue weighted by atomic mass is 35.5. The van der Waals surface area contributed by atoms with Gasteiger partial charge in [-0.15, -0.1) is 11.3 Å². The molecule has 1 aromatic heterocycles. The summed E-state index contributed by atoms with van der Waals surface area (Å²) in [6.45, 7) is 0. The maximum Gasteiger partial charge on any atom is 0.301 e. The molecule has 0 aliphatic carbocycles. The lowest BCUT2D eigenvalue weighted by atomic mass is 10.4. The van der Waals surface area contributed by atoms with Crippen molar-refractivity contribution in [2.75, 3.05) is 5.75 Å². The van der Waals surface area contributed by atoms with Crippen molar-refractivity contribution >= 4 is 41.0 Å². The molecular weight excluding hydrogens is 283 g/mol. The number of aromatic nitrogens is 1. The van der Waals surface area contributed by atoms with Crippen molar-refractivity contribution in [1.82, 2.24) is 4.98 Å². The first-order chi connectivity index (χ1) is 7.54. The van der Waals surface area contributed by atoms with Gasteiger partial charge in [0.05, 0.1) is 0 Å². The highest BCUT2D eigenvalue weighted by molar-refractivity contribution is 8.01. The van der Waals surface area contributed by atoms with E-state index >= 15 is 0 Å². The summed E-state index contributed by atoms with van der Waals surface area (Å²) in [7, 11) is 0. The SMILES string of the molecule is O=Cc1sc(SCCC(F)=C(F)F)nc1Cl. The van der Waals surface area contributed by atoms with Crippen molar-refractivity contribution in [2.24, 2.45) is 0 Å². The number of allylic oxidation sites excluding steroid dienone is 1. The fourth-order valence-electron chi connectivity index (χ4n) is 0.751. The van der Waals surface area contributed by atoms with Gasteiger partial charge < -0.3 is 0 Å². The topological polar surface area (TPSA) is 30.0 Å². The van der Waals surface area contributed by atoms with Crippen LogP contribution in [0, 0.1) is 0 Å². The van der Waals surface area contributed by atoms with Crippen LogP contribution in [0.4, 0.5) is 13.2 Å². The lowest BCUT2D eigenvalue weighted by molar-refractivity contribution is 0.112. The summed E-state index contributed by atoms with van der Waals surface area (Å²) in [4.78, 5) is 14.5. The summed E-state index contributed by atoms with van der Waals surface area (Å²) >= 11 is 7.71. The highest BCUT2D eigenvalue weighted by Crippen LogP contribution is 2.30. The summed E-state index contributed by atoms with van der Waals surface area (Å²) < 4.78 is 36.2. The average molecular weight is 288 g/mol. The van der Waals surface area contributed by atoms with E-state index < -0.39 is 11.9 Å². The number of aldehydes is 1. The Morgan fingerprint density at radius 1 is 1.50 bits per heavy atom. The Balaban J connectivity index is 2.49. The molecule has 0 atom stereocenters. The minimum atomic E-state index is -2.30. The molecule has 0 fully saturated rings. The van der Waals surface area contributed by atoms with Gasteiger partial charge in [0.2, 0.25) is 0 Å². The predicted molar refractivity (Wildman–Crippen MR) is 58.2 cm³/mol. The zero-order chi connectivity index (χ0) is 12.1. The van der Waals surface area contributed by atoms with E-state index in [2.05, 4.69) is 4.98 Å². The molecule has 0 N–H and O–H groups in total. The zero-order valence-corrected chi connectivity index (χ0v) is 10.1. The summed E-state index contributed by atoms with van der Waals surface area (Å²) in [5.41, 5.74) is 0. The second kappa shape index (κ2) is 6.27. The van der Waals surface area contributed by atoms with Crippen molar-refractivity contribution in [3.63, 3.8) is 0 Å². The lowest BCUT2D eigenvalue weighted by Gasteiger charge is -1.94. The van der Waals surface area contributed by atoms with Crippen LogP contribution in [0.1, 0.15) is 16.1 Å². The van der Waals surface area contributed by atoms with Crippen molar-refractivity contribution in [3.8, 4) is 0 Å². The number of hydrogen-bond donors (Lipinski definition) is 0. The molecule has 2 nitrogen and oxygen atoms in total. The number of nitrogens with zero attached hydrogens (tertiary/aromatic N) is 1. The molecule has 88 valence electrons. The van der Waals surface area contributed by atoms with Gasteiger partial charge >= 0.3 is 6.08 Å². The standard InChI is InChI=1S/C8H5ClF3NOS2/c9-6-5(3-14)16-8(13-6)15-2-1-4(10)7(11)12/h3H,1-2H2. The van der Waals surface area contributed by atoms with Crippen LogP contribution >= 0.6 is 34.7 Å². The molecule has 0 aliphatic rings. The third-order valence-electron chi connectivity index (χ3n) is 1.45. The minimum absolute atomic E-state index is 0.0789. The second-order valence-electron chi connectivity index (χ2n) is 2.52. The van der Waals surface area contributed by atoms with Crippen LogP contribution in [0.2, 0.25) is 5.15 Å². The molecule has 0 bridgehead atoms. The molecule has 0 unspecified atom stereocenters. The van der Waals surface area contributed by atoms with Gasteiger partial charge in [0.1, 0.15) is 4.88 Å². The van der Waals surface area contributed by atoms with Gasteiger partial charge in [0, 0.05) is 12.2 Å². The monoisotopic (exact) mass is 287 g/mol. The number of halogens is 4. The smallest absolute Gasteiger partial charge is 0.297 e. The fraction of sp³-hybridized carbons (Fsp3) is 0.250. The first-order valence-corrected chi connectivity index (χ1v) is 6.16. The van der Waals surface area contributed by atoms with Crippen LogP contribution in [0.3, 0.4) is 0 Å². The summed E-state index contributed by atoms with van der Waals surface area (Å²) in [6, 6.07) is 0. The molecule has 0 saturated heterocycles. The van der Waals surface area contributed by atoms with E-state index in [4.69, 9.17) is 11.6 Å². The maximum absolute atomic E-state index is 12.4. The Bertz CT molecular complexity index is 417. The van der Waals surface area contributed by atoms with Gasteiger partial charge in [0.15, 0.2) is 21.6 Å². The van der Waals surface area contributed by atoms with E-state index in [0.717, 1.165) is 23.1 Å². The van der Waals surface area contributed by atoms with Gasteiger partial charge in [-0.3, -0.25) is 4.79 Å². The molecule has 0 amide bonds. The van der Waals surface area contributed by atoms with Gasteiger partial charge in [-0.2, -0.15) is 8.78 Å². The van der Waals surface area contributed by atoms with E-state index in [1.165, 1.54) is 0 Å². The number of rotatable bonds is 5. The Morgan fingerprint density at radius 2 is 2.19 bits per heavy atom. The van der Waals surface area contributed by atoms with Gasteiger partial charge in [-0.25, -0.2) is 9.37 Å². The first kappa shape index (κ1) is 13.5. The molecule has 8 heteroatoms. The van der Waals surface area contributed by atoms with Gasteiger partial charge in [0.25, 0.3) is 0 Å². The maximum atomic E-state index is 12.4. The van der Waals surface area contributed by atoms with Gasteiger partial charge in [-0.1, -0.05) is 23.4 Å². The number of carbonyl (C=O) groups excluding carboxylic acids is 1. The van der Waals surface area contributed by atoms with E-state index in [0.29, 0.717) is 10.6 Å². The highest BCUT2D eigenvalue weighted by Gasteiger charge is 2.10. The van der Waals surface area contributed by atoms with Crippen molar-refractivity contribution in [2.45, 2.75) is 10.8 Å². The fourth-order valence-corrected chi connectivity index (χ4v) is 2.97. The van der Waals surface area contributed by atoms with Crippen LogP contribution in [-0.4, -0.2) is 17.0 Å². The molecule has 16 heavy (non-hydrogen) atoms. The second-order valence-corrected chi connectivity index (χ2v) is 5.25. The molecular formula is C8H5ClF3NOS2. The Kier molecular flexibility index (Phi) is 5.30. The average Bonchev–Trinajstić information content (AvgIpc) is 2.58. The summed E-state index contributed by atoms with van der Waals surface area (Å²) in [5.74, 6) is -1.31. The molecule has 1 rings (SSSR count). The van der Waals surface area contributed by atoms with Crippen LogP contribution in [-0.2, 0) is 0 Å². The number of thioether (sulfide) groups is 1. The summed E-state index contributed by atoms with van der Waals surface area (Å²) in [6.07, 6.45) is -2.11. The largest absolute Gasteiger partial charge is 0.301 e. The van der Waals surface area contributed by atoms with E-state index in [-0.39, 0.29) is 22.2 Å². The Labute approximate surface area is 103 Å². The predicted octanol–water partition coefficient (Wildman–Crippen LogP) is 4.17. The van der Waals surface area contributed by atoms with Crippen LogP contribution < -0.4 is 0 Å². The molecule has 0 aliphatic heterocycles. The van der Waals surface area contributed by atoms with Crippen molar-refractivity contribution < 1.29 is 18.0 Å². The molecule has 0 radical (unpaired) electrons. The zero-order valence-electron chi connectivity index (χ0n) is 7.68. The quantitative estimate of drug-likeness (QED) is 0.601. The Hall–Kier alpha value is -0.530. The first-order valence-electron chi connectivity index (χ1n) is 3.98. The van der Waals surface area contributed by atoms with Crippen LogP contribution in [0.15, 0.2) is 16.2 Å². The minimum Gasteiger partial charge on any atom is -0.297 e. The number of thiazole rings is 1. The molecule has 0 aromatic carbocycles. The van der Waals surface area contributed by atoms with E-state index in [9.17, 15) is 18.0 Å². The van der Waals surface area contributed by atoms with Gasteiger partial charge in [-0.05, 0) is 0 Å². The third-order valence-corrected chi connectivity index (χ3v) is 3.97. The molecule has 0 saturated carbocycles. The molecule has 1 heterocycles. The Morgan fingerprint density at radius 3 is 2.69 bits per heavy atom. The summed E-state index contributed by atoms with van der Waals surface area (Å²) in [5, 5.41) is 0.0789. The third kappa shape index (κ3) is 3.80. The molecule has 1 aromatic rings. The van der Waals surface area contributed by atoms with Crippen LogP contribution in [0.5, 0.6) is 0 Å². The normalized spacial score (nSPS) is 10.2. The molecule has 0 spiro atoms. The number of hydrogen-bond acceptors (Lipinski definition) is 4. The van der Waals surface area contributed by atoms with Crippen molar-refractivity contribution in [3.05, 3.63) is 21.9 Å². The van der Waals surface area contributed by atoms with Crippen molar-refractivity contribution in [1.29, 1.82) is 0 Å². The van der Waals surface area contributed by atoms with E-state index in [1.54, 1.807) is 0 Å².